The molecule has 0 bridgehead atoms. The molecule has 0 amide bonds. The van der Waals surface area contributed by atoms with Crippen molar-refractivity contribution in [3.05, 3.63) is 28.5 Å². The highest BCUT2D eigenvalue weighted by atomic mass is 79.9. The van der Waals surface area contributed by atoms with E-state index >= 15 is 0 Å². The van der Waals surface area contributed by atoms with E-state index in [9.17, 15) is 16.7 Å². The molecule has 0 aliphatic rings. The smallest absolute Gasteiger partial charge is 0.205 e. The van der Waals surface area contributed by atoms with Crippen LogP contribution in [0.5, 0.6) is 0 Å². The summed E-state index contributed by atoms with van der Waals surface area (Å²) in [5.74, 6) is -1.10. The van der Waals surface area contributed by atoms with Gasteiger partial charge in [-0.15, -0.1) is 3.89 Å². The summed E-state index contributed by atoms with van der Waals surface area (Å²) in [5.41, 5.74) is 0. The first-order valence-corrected chi connectivity index (χ1v) is 4.98. The van der Waals surface area contributed by atoms with Gasteiger partial charge in [-0.05, 0) is 18.2 Å². The molecule has 2 nitrogen and oxygen atoms in total. The van der Waals surface area contributed by atoms with E-state index < -0.39 is 20.9 Å². The Bertz CT molecular complexity index is 402. The Labute approximate surface area is 76.6 Å². The Morgan fingerprint density at radius 3 is 2.33 bits per heavy atom. The van der Waals surface area contributed by atoms with Crippen LogP contribution >= 0.6 is 15.9 Å². The van der Waals surface area contributed by atoms with Gasteiger partial charge in [-0.3, -0.25) is 0 Å². The van der Waals surface area contributed by atoms with Crippen molar-refractivity contribution in [2.75, 3.05) is 0 Å². The summed E-state index contributed by atoms with van der Waals surface area (Å²) in [5, 5.41) is 0. The molecule has 0 spiro atoms. The molecule has 0 saturated heterocycles. The highest BCUT2D eigenvalue weighted by molar-refractivity contribution is 9.10. The van der Waals surface area contributed by atoms with Gasteiger partial charge in [0.25, 0.3) is 0 Å². The molecule has 0 atom stereocenters. The Morgan fingerprint density at radius 2 is 1.92 bits per heavy atom. The summed E-state index contributed by atoms with van der Waals surface area (Å²) in [4.78, 5) is -0.947. The molecule has 0 aliphatic heterocycles. The molecule has 66 valence electrons. The summed E-state index contributed by atoms with van der Waals surface area (Å²) < 4.78 is 45.8. The molecule has 1 aromatic carbocycles. The quantitative estimate of drug-likeness (QED) is 0.723. The maximum Gasteiger partial charge on any atom is 0.335 e. The van der Waals surface area contributed by atoms with E-state index in [4.69, 9.17) is 0 Å². The monoisotopic (exact) mass is 256 g/mol. The zero-order chi connectivity index (χ0) is 9.35. The number of hydrogen-bond donors (Lipinski definition) is 0. The van der Waals surface area contributed by atoms with E-state index in [1.807, 2.05) is 0 Å². The van der Waals surface area contributed by atoms with Crippen LogP contribution in [0.25, 0.3) is 0 Å². The van der Waals surface area contributed by atoms with Crippen molar-refractivity contribution in [3.63, 3.8) is 0 Å². The third-order valence-electron chi connectivity index (χ3n) is 1.16. The van der Waals surface area contributed by atoms with Gasteiger partial charge in [0, 0.05) is 4.47 Å². The van der Waals surface area contributed by atoms with Gasteiger partial charge in [0.1, 0.15) is 10.7 Å². The minimum Gasteiger partial charge on any atom is -0.205 e. The molecular formula is C6H3BrF2O2S. The minimum atomic E-state index is -4.96. The lowest BCUT2D eigenvalue weighted by Gasteiger charge is -1.96. The minimum absolute atomic E-state index is 0.306. The molecule has 0 unspecified atom stereocenters. The zero-order valence-corrected chi connectivity index (χ0v) is 7.99. The first-order chi connectivity index (χ1) is 5.41. The van der Waals surface area contributed by atoms with Crippen LogP contribution in [0.15, 0.2) is 27.6 Å². The molecule has 0 aromatic heterocycles. The SMILES string of the molecule is O=S(=O)(F)c1cc(Br)ccc1F. The summed E-state index contributed by atoms with van der Waals surface area (Å²) in [6.07, 6.45) is 0. The first-order valence-electron chi connectivity index (χ1n) is 2.81. The van der Waals surface area contributed by atoms with Crippen LogP contribution in [0.4, 0.5) is 8.28 Å². The average Bonchev–Trinajstić information content (AvgIpc) is 1.92. The Hall–Kier alpha value is -0.490. The lowest BCUT2D eigenvalue weighted by atomic mass is 10.3. The third kappa shape index (κ3) is 2.01. The zero-order valence-electron chi connectivity index (χ0n) is 5.59. The van der Waals surface area contributed by atoms with Crippen LogP contribution in [0, 0.1) is 5.82 Å². The number of benzene rings is 1. The van der Waals surface area contributed by atoms with Crippen LogP contribution in [-0.4, -0.2) is 8.42 Å². The largest absolute Gasteiger partial charge is 0.335 e. The lowest BCUT2D eigenvalue weighted by molar-refractivity contribution is 0.533. The van der Waals surface area contributed by atoms with Crippen LogP contribution < -0.4 is 0 Å². The van der Waals surface area contributed by atoms with Crippen molar-refractivity contribution >= 4 is 26.2 Å². The number of halogens is 3. The van der Waals surface area contributed by atoms with Crippen LogP contribution in [0.3, 0.4) is 0 Å². The van der Waals surface area contributed by atoms with Gasteiger partial charge in [-0.25, -0.2) is 4.39 Å². The van der Waals surface area contributed by atoms with E-state index in [1.165, 1.54) is 6.07 Å². The summed E-state index contributed by atoms with van der Waals surface area (Å²) >= 11 is 2.89. The van der Waals surface area contributed by atoms with Crippen molar-refractivity contribution in [1.29, 1.82) is 0 Å². The maximum atomic E-state index is 12.6. The van der Waals surface area contributed by atoms with Crippen molar-refractivity contribution in [3.8, 4) is 0 Å². The van der Waals surface area contributed by atoms with Gasteiger partial charge >= 0.3 is 10.2 Å². The van der Waals surface area contributed by atoms with Crippen LogP contribution in [-0.2, 0) is 10.2 Å². The topological polar surface area (TPSA) is 34.1 Å². The Balaban J connectivity index is 3.43. The molecule has 0 N–H and O–H groups in total. The predicted molar refractivity (Wildman–Crippen MR) is 42.4 cm³/mol. The van der Waals surface area contributed by atoms with Crippen molar-refractivity contribution in [2.45, 2.75) is 4.90 Å². The van der Waals surface area contributed by atoms with E-state index in [2.05, 4.69) is 15.9 Å². The molecule has 0 radical (unpaired) electrons. The predicted octanol–water partition coefficient (Wildman–Crippen LogP) is 2.25. The van der Waals surface area contributed by atoms with Crippen molar-refractivity contribution in [2.24, 2.45) is 0 Å². The Morgan fingerprint density at radius 1 is 1.33 bits per heavy atom. The fraction of sp³-hybridized carbons (Fsp3) is 0. The first kappa shape index (κ1) is 9.60. The average molecular weight is 257 g/mol. The molecule has 0 fully saturated rings. The van der Waals surface area contributed by atoms with Crippen molar-refractivity contribution < 1.29 is 16.7 Å². The fourth-order valence-electron chi connectivity index (χ4n) is 0.664. The maximum absolute atomic E-state index is 12.6. The standard InChI is InChI=1S/C6H3BrF2O2S/c7-4-1-2-5(8)6(3-4)12(9,10)11/h1-3H. The van der Waals surface area contributed by atoms with Gasteiger partial charge < -0.3 is 0 Å². The third-order valence-corrected chi connectivity index (χ3v) is 2.49. The fourth-order valence-corrected chi connectivity index (χ4v) is 1.75. The van der Waals surface area contributed by atoms with Crippen LogP contribution in [0.2, 0.25) is 0 Å². The molecule has 12 heavy (non-hydrogen) atoms. The highest BCUT2D eigenvalue weighted by Crippen LogP contribution is 2.21. The van der Waals surface area contributed by atoms with E-state index in [0.717, 1.165) is 12.1 Å². The summed E-state index contributed by atoms with van der Waals surface area (Å²) in [7, 11) is -4.96. The van der Waals surface area contributed by atoms with Gasteiger partial charge in [0.15, 0.2) is 0 Å². The van der Waals surface area contributed by atoms with E-state index in [-0.39, 0.29) is 0 Å². The van der Waals surface area contributed by atoms with Gasteiger partial charge in [-0.2, -0.15) is 8.42 Å². The second kappa shape index (κ2) is 3.10. The van der Waals surface area contributed by atoms with Crippen molar-refractivity contribution in [1.82, 2.24) is 0 Å². The van der Waals surface area contributed by atoms with E-state index in [1.54, 1.807) is 0 Å². The molecule has 1 rings (SSSR count). The molecule has 0 aliphatic carbocycles. The molecule has 1 aromatic rings. The molecule has 0 saturated carbocycles. The molecule has 0 heterocycles. The van der Waals surface area contributed by atoms with Gasteiger partial charge in [0.2, 0.25) is 0 Å². The number of rotatable bonds is 1. The van der Waals surface area contributed by atoms with Crippen LogP contribution in [0.1, 0.15) is 0 Å². The summed E-state index contributed by atoms with van der Waals surface area (Å²) in [6, 6.07) is 3.02. The summed E-state index contributed by atoms with van der Waals surface area (Å²) in [6.45, 7) is 0. The second-order valence-electron chi connectivity index (χ2n) is 2.01. The Kier molecular flexibility index (Phi) is 2.48. The second-order valence-corrected chi connectivity index (χ2v) is 4.24. The van der Waals surface area contributed by atoms with Gasteiger partial charge in [-0.1, -0.05) is 15.9 Å². The van der Waals surface area contributed by atoms with E-state index in [0.29, 0.717) is 4.47 Å². The van der Waals surface area contributed by atoms with Gasteiger partial charge in [0.05, 0.1) is 0 Å². The molecule has 6 heteroatoms. The number of hydrogen-bond acceptors (Lipinski definition) is 2. The molecular weight excluding hydrogens is 254 g/mol. The lowest BCUT2D eigenvalue weighted by Crippen LogP contribution is -1.95. The normalized spacial score (nSPS) is 11.6. The highest BCUT2D eigenvalue weighted by Gasteiger charge is 2.17.